The maximum Gasteiger partial charge on any atom is 0.338 e. The summed E-state index contributed by atoms with van der Waals surface area (Å²) in [5, 5.41) is 2.75. The number of hydrogen-bond acceptors (Lipinski definition) is 5. The minimum absolute atomic E-state index is 0.00941. The summed E-state index contributed by atoms with van der Waals surface area (Å²) in [4.78, 5) is 24.8. The second kappa shape index (κ2) is 9.46. The molecule has 0 fully saturated rings. The van der Waals surface area contributed by atoms with Crippen LogP contribution < -0.4 is 10.0 Å². The summed E-state index contributed by atoms with van der Waals surface area (Å²) in [6, 6.07) is 14.8. The number of hydrogen-bond donors (Lipinski definition) is 2. The van der Waals surface area contributed by atoms with Gasteiger partial charge in [-0.15, -0.1) is 0 Å². The summed E-state index contributed by atoms with van der Waals surface area (Å²) in [5.41, 5.74) is 4.29. The van der Waals surface area contributed by atoms with Crippen molar-refractivity contribution in [2.45, 2.75) is 32.6 Å². The van der Waals surface area contributed by atoms with Crippen LogP contribution in [0.2, 0.25) is 0 Å². The van der Waals surface area contributed by atoms with E-state index in [1.807, 2.05) is 26.0 Å². The zero-order valence-corrected chi connectivity index (χ0v) is 20.0. The minimum atomic E-state index is -3.93. The van der Waals surface area contributed by atoms with Crippen LogP contribution in [-0.2, 0) is 14.8 Å². The maximum absolute atomic E-state index is 13.1. The molecule has 172 valence electrons. The molecular weight excluding hydrogens is 440 g/mol. The van der Waals surface area contributed by atoms with Crippen molar-refractivity contribution in [1.29, 1.82) is 0 Å². The first-order valence-corrected chi connectivity index (χ1v) is 11.7. The highest BCUT2D eigenvalue weighted by Crippen LogP contribution is 2.25. The minimum Gasteiger partial charge on any atom is -0.465 e. The molecule has 1 amide bonds. The third-order valence-electron chi connectivity index (χ3n) is 5.35. The number of carbonyl (C=O) groups is 2. The van der Waals surface area contributed by atoms with Crippen LogP contribution in [0.3, 0.4) is 0 Å². The fourth-order valence-electron chi connectivity index (χ4n) is 3.46. The van der Waals surface area contributed by atoms with Crippen molar-refractivity contribution in [3.8, 4) is 0 Å². The molecule has 33 heavy (non-hydrogen) atoms. The molecule has 3 aromatic rings. The molecule has 0 saturated carbocycles. The van der Waals surface area contributed by atoms with Crippen molar-refractivity contribution in [2.75, 3.05) is 17.1 Å². The van der Waals surface area contributed by atoms with Crippen LogP contribution in [0.4, 0.5) is 11.4 Å². The first kappa shape index (κ1) is 24.0. The lowest BCUT2D eigenvalue weighted by atomic mass is 10.1. The van der Waals surface area contributed by atoms with Gasteiger partial charge in [0.1, 0.15) is 0 Å². The number of methoxy groups -OCH3 is 1. The van der Waals surface area contributed by atoms with Gasteiger partial charge >= 0.3 is 5.97 Å². The second-order valence-electron chi connectivity index (χ2n) is 7.83. The monoisotopic (exact) mass is 466 g/mol. The topological polar surface area (TPSA) is 102 Å². The zero-order chi connectivity index (χ0) is 24.3. The Morgan fingerprint density at radius 2 is 1.58 bits per heavy atom. The fourth-order valence-corrected chi connectivity index (χ4v) is 4.86. The number of sulfonamides is 1. The average molecular weight is 467 g/mol. The number of anilines is 2. The first-order valence-electron chi connectivity index (χ1n) is 10.2. The molecule has 3 rings (SSSR count). The summed E-state index contributed by atoms with van der Waals surface area (Å²) in [6.45, 7) is 7.12. The predicted octanol–water partition coefficient (Wildman–Crippen LogP) is 4.76. The van der Waals surface area contributed by atoms with E-state index in [2.05, 4.69) is 10.0 Å². The molecule has 2 N–H and O–H groups in total. The van der Waals surface area contributed by atoms with Gasteiger partial charge in [-0.25, -0.2) is 13.2 Å². The Bertz CT molecular complexity index is 1350. The Kier molecular flexibility index (Phi) is 6.88. The molecule has 0 heterocycles. The van der Waals surface area contributed by atoms with Gasteiger partial charge in [0.05, 0.1) is 23.3 Å². The van der Waals surface area contributed by atoms with Gasteiger partial charge < -0.3 is 10.1 Å². The zero-order valence-electron chi connectivity index (χ0n) is 19.1. The molecule has 0 unspecified atom stereocenters. The van der Waals surface area contributed by atoms with E-state index in [4.69, 9.17) is 4.74 Å². The van der Waals surface area contributed by atoms with Crippen LogP contribution in [0.1, 0.15) is 43.0 Å². The number of benzene rings is 3. The summed E-state index contributed by atoms with van der Waals surface area (Å²) >= 11 is 0. The van der Waals surface area contributed by atoms with Crippen LogP contribution in [0.15, 0.2) is 59.5 Å². The molecule has 7 nitrogen and oxygen atoms in total. The predicted molar refractivity (Wildman–Crippen MR) is 128 cm³/mol. The van der Waals surface area contributed by atoms with Gasteiger partial charge in [0.2, 0.25) is 0 Å². The molecule has 0 aliphatic carbocycles. The summed E-state index contributed by atoms with van der Waals surface area (Å²) in [7, 11) is -2.64. The normalized spacial score (nSPS) is 11.1. The highest BCUT2D eigenvalue weighted by molar-refractivity contribution is 7.92. The van der Waals surface area contributed by atoms with E-state index in [0.29, 0.717) is 28.1 Å². The Balaban J connectivity index is 1.91. The largest absolute Gasteiger partial charge is 0.465 e. The Morgan fingerprint density at radius 3 is 2.24 bits per heavy atom. The third kappa shape index (κ3) is 5.23. The maximum atomic E-state index is 13.1. The third-order valence-corrected chi connectivity index (χ3v) is 6.86. The number of ether oxygens (including phenoxy) is 1. The first-order chi connectivity index (χ1) is 15.5. The van der Waals surface area contributed by atoms with Gasteiger partial charge in [-0.05, 0) is 74.7 Å². The molecule has 3 aromatic carbocycles. The van der Waals surface area contributed by atoms with E-state index in [1.54, 1.807) is 50.2 Å². The van der Waals surface area contributed by atoms with Crippen molar-refractivity contribution < 1.29 is 22.7 Å². The smallest absolute Gasteiger partial charge is 0.338 e. The number of esters is 1. The molecule has 0 radical (unpaired) electrons. The second-order valence-corrected chi connectivity index (χ2v) is 9.48. The molecule has 0 atom stereocenters. The van der Waals surface area contributed by atoms with Gasteiger partial charge in [-0.1, -0.05) is 29.8 Å². The van der Waals surface area contributed by atoms with E-state index in [9.17, 15) is 18.0 Å². The number of carbonyl (C=O) groups excluding carboxylic acids is 2. The van der Waals surface area contributed by atoms with Crippen molar-refractivity contribution >= 4 is 33.3 Å². The van der Waals surface area contributed by atoms with Crippen molar-refractivity contribution in [3.05, 3.63) is 88.0 Å². The summed E-state index contributed by atoms with van der Waals surface area (Å²) in [6.07, 6.45) is 0. The molecular formula is C25H26N2O5S. The lowest BCUT2D eigenvalue weighted by Crippen LogP contribution is -2.18. The van der Waals surface area contributed by atoms with Gasteiger partial charge in [0.15, 0.2) is 0 Å². The van der Waals surface area contributed by atoms with Crippen molar-refractivity contribution in [1.82, 2.24) is 0 Å². The van der Waals surface area contributed by atoms with E-state index < -0.39 is 21.9 Å². The Morgan fingerprint density at radius 1 is 0.848 bits per heavy atom. The SMILES string of the molecule is COC(=O)c1cccc(NC(=O)c2ccc(C)c(S(=O)(=O)Nc3ccc(C)cc3C)c2)c1C. The van der Waals surface area contributed by atoms with E-state index in [0.717, 1.165) is 11.1 Å². The van der Waals surface area contributed by atoms with Gasteiger partial charge in [-0.3, -0.25) is 9.52 Å². The van der Waals surface area contributed by atoms with Crippen LogP contribution in [-0.4, -0.2) is 27.4 Å². The number of rotatable bonds is 6. The van der Waals surface area contributed by atoms with Gasteiger partial charge in [-0.2, -0.15) is 0 Å². The molecule has 0 spiro atoms. The highest BCUT2D eigenvalue weighted by Gasteiger charge is 2.21. The van der Waals surface area contributed by atoms with E-state index >= 15 is 0 Å². The van der Waals surface area contributed by atoms with Gasteiger partial charge in [0.25, 0.3) is 15.9 Å². The van der Waals surface area contributed by atoms with Gasteiger partial charge in [0, 0.05) is 11.3 Å². The van der Waals surface area contributed by atoms with E-state index in [-0.39, 0.29) is 10.5 Å². The molecule has 0 bridgehead atoms. The van der Waals surface area contributed by atoms with Crippen LogP contribution >= 0.6 is 0 Å². The number of amides is 1. The molecule has 0 aliphatic rings. The van der Waals surface area contributed by atoms with Crippen LogP contribution in [0.25, 0.3) is 0 Å². The van der Waals surface area contributed by atoms with Crippen molar-refractivity contribution in [2.24, 2.45) is 0 Å². The molecule has 0 aliphatic heterocycles. The lowest BCUT2D eigenvalue weighted by Gasteiger charge is -2.15. The average Bonchev–Trinajstić information content (AvgIpc) is 2.76. The Hall–Kier alpha value is -3.65. The highest BCUT2D eigenvalue weighted by atomic mass is 32.2. The quantitative estimate of drug-likeness (QED) is 0.510. The van der Waals surface area contributed by atoms with Crippen LogP contribution in [0, 0.1) is 27.7 Å². The standard InChI is InChI=1S/C25H26N2O5S/c1-15-9-12-21(17(3)13-15)27-33(30,31)23-14-19(11-10-16(23)2)24(28)26-22-8-6-7-20(18(22)4)25(29)32-5/h6-14,27H,1-5H3,(H,26,28). The molecule has 0 aromatic heterocycles. The fraction of sp³-hybridized carbons (Fsp3) is 0.200. The summed E-state index contributed by atoms with van der Waals surface area (Å²) < 4.78 is 33.6. The Labute approximate surface area is 193 Å². The number of nitrogens with one attached hydrogen (secondary N) is 2. The molecule has 0 saturated heterocycles. The summed E-state index contributed by atoms with van der Waals surface area (Å²) in [5.74, 6) is -1.01. The lowest BCUT2D eigenvalue weighted by molar-refractivity contribution is 0.0599. The number of aryl methyl sites for hydroxylation is 3. The van der Waals surface area contributed by atoms with E-state index in [1.165, 1.54) is 13.2 Å². The van der Waals surface area contributed by atoms with Crippen molar-refractivity contribution in [3.63, 3.8) is 0 Å². The van der Waals surface area contributed by atoms with Crippen LogP contribution in [0.5, 0.6) is 0 Å². The molecule has 8 heteroatoms.